The lowest BCUT2D eigenvalue weighted by molar-refractivity contribution is -0.0254. The van der Waals surface area contributed by atoms with Crippen LogP contribution in [0.15, 0.2) is 115 Å². The molecule has 2 fully saturated rings. The number of nitrogens with zero attached hydrogens (tertiary/aromatic N) is 3. The van der Waals surface area contributed by atoms with E-state index in [2.05, 4.69) is 40.6 Å². The number of rotatable bonds is 9. The number of nitrogens with one attached hydrogen (secondary N) is 2. The highest BCUT2D eigenvalue weighted by Crippen LogP contribution is 2.34. The summed E-state index contributed by atoms with van der Waals surface area (Å²) in [4.78, 5) is 53.8. The summed E-state index contributed by atoms with van der Waals surface area (Å²) in [6.45, 7) is 3.21. The van der Waals surface area contributed by atoms with E-state index < -0.39 is 11.4 Å². The first kappa shape index (κ1) is 39.2. The molecule has 4 heterocycles. The number of aromatic nitrogens is 2. The zero-order chi connectivity index (χ0) is 39.8. The number of hydrogen-bond acceptors (Lipinski definition) is 8. The molecule has 13 heteroatoms. The number of piperidine rings is 2. The van der Waals surface area contributed by atoms with E-state index in [4.69, 9.17) is 13.6 Å². The Kier molecular flexibility index (Phi) is 12.2. The maximum Gasteiger partial charge on any atom is 0.419 e. The fourth-order valence-electron chi connectivity index (χ4n) is 7.62. The van der Waals surface area contributed by atoms with Crippen LogP contribution < -0.4 is 16.8 Å². The summed E-state index contributed by atoms with van der Waals surface area (Å²) in [5, 5.41) is 14.1. The second-order valence-electron chi connectivity index (χ2n) is 14.9. The fraction of sp³-hybridized carbons (Fsp3) is 0.364. The molecule has 6 aromatic rings. The smallest absolute Gasteiger partial charge is 0.419 e. The van der Waals surface area contributed by atoms with Crippen LogP contribution in [0.4, 0.5) is 9.59 Å². The molecule has 0 unspecified atom stereocenters. The number of aryl methyl sites for hydroxylation is 2. The van der Waals surface area contributed by atoms with Crippen LogP contribution >= 0.6 is 0 Å². The van der Waals surface area contributed by atoms with Crippen LogP contribution in [0.2, 0.25) is 0 Å². The molecule has 13 nitrogen and oxygen atoms in total. The van der Waals surface area contributed by atoms with E-state index in [1.165, 1.54) is 15.7 Å². The summed E-state index contributed by atoms with van der Waals surface area (Å²) in [7, 11) is 1.71. The lowest BCUT2D eigenvalue weighted by Gasteiger charge is -2.37. The van der Waals surface area contributed by atoms with Crippen molar-refractivity contribution in [1.82, 2.24) is 24.7 Å². The van der Waals surface area contributed by atoms with Crippen LogP contribution in [0.3, 0.4) is 0 Å². The first-order valence-corrected chi connectivity index (χ1v) is 19.6. The highest BCUT2D eigenvalue weighted by atomic mass is 16.6. The van der Waals surface area contributed by atoms with Gasteiger partial charge in [0.1, 0.15) is 6.61 Å². The van der Waals surface area contributed by atoms with Gasteiger partial charge in [-0.3, -0.25) is 9.55 Å². The second kappa shape index (κ2) is 17.8. The monoisotopic (exact) mass is 775 g/mol. The first-order chi connectivity index (χ1) is 27.6. The molecule has 0 saturated carbocycles. The van der Waals surface area contributed by atoms with Crippen molar-refractivity contribution in [2.75, 3.05) is 32.7 Å². The molecule has 0 atom stereocenters. The van der Waals surface area contributed by atoms with Crippen LogP contribution in [-0.2, 0) is 30.4 Å². The Bertz CT molecular complexity index is 2380. The molecule has 0 aliphatic carbocycles. The topological polar surface area (TPSA) is 163 Å². The van der Waals surface area contributed by atoms with Gasteiger partial charge in [-0.2, -0.15) is 0 Å². The minimum atomic E-state index is -1.07. The van der Waals surface area contributed by atoms with E-state index in [1.807, 2.05) is 53.4 Å². The zero-order valence-electron chi connectivity index (χ0n) is 32.2. The minimum Gasteiger partial charge on any atom is -0.445 e. The SMILES string of the molecule is Cn1c(=O)oc2cc(C3CCN(C(=O)NCCCCc4ccccc4)CC3)ccc21.O=C(OCc1ccccc1)N1CCC(O)(c2ccc3[nH]c(=O)oc3c2)CC1. The molecule has 3 amide bonds. The summed E-state index contributed by atoms with van der Waals surface area (Å²) in [5.41, 5.74) is 5.51. The lowest BCUT2D eigenvalue weighted by Crippen LogP contribution is -2.45. The Hall–Kier alpha value is -6.08. The first-order valence-electron chi connectivity index (χ1n) is 19.6. The Balaban J connectivity index is 0.000000175. The number of urea groups is 1. The number of carbonyl (C=O) groups is 2. The molecule has 57 heavy (non-hydrogen) atoms. The third-order valence-electron chi connectivity index (χ3n) is 11.1. The summed E-state index contributed by atoms with van der Waals surface area (Å²) >= 11 is 0. The number of amides is 3. The largest absolute Gasteiger partial charge is 0.445 e. The van der Waals surface area contributed by atoms with Gasteiger partial charge in [0.2, 0.25) is 0 Å². The molecule has 2 aliphatic rings. The van der Waals surface area contributed by atoms with E-state index in [0.29, 0.717) is 54.1 Å². The summed E-state index contributed by atoms with van der Waals surface area (Å²) < 4.78 is 17.3. The number of aliphatic hydroxyl groups is 1. The van der Waals surface area contributed by atoms with Crippen molar-refractivity contribution in [2.24, 2.45) is 7.05 Å². The van der Waals surface area contributed by atoms with E-state index >= 15 is 0 Å². The van der Waals surface area contributed by atoms with E-state index in [1.54, 1.807) is 30.1 Å². The summed E-state index contributed by atoms with van der Waals surface area (Å²) in [6.07, 6.45) is 5.33. The van der Waals surface area contributed by atoms with E-state index in [9.17, 15) is 24.3 Å². The maximum atomic E-state index is 12.5. The van der Waals surface area contributed by atoms with Crippen LogP contribution in [-0.4, -0.2) is 69.3 Å². The van der Waals surface area contributed by atoms with Crippen molar-refractivity contribution in [3.8, 4) is 0 Å². The number of unbranched alkanes of at least 4 members (excludes halogenated alkanes) is 1. The van der Waals surface area contributed by atoms with Crippen molar-refractivity contribution < 1.29 is 28.3 Å². The Morgan fingerprint density at radius 1 is 0.825 bits per heavy atom. The number of carbonyl (C=O) groups excluding carboxylic acids is 2. The van der Waals surface area contributed by atoms with Gasteiger partial charge < -0.3 is 33.8 Å². The van der Waals surface area contributed by atoms with Gasteiger partial charge in [-0.15, -0.1) is 0 Å². The van der Waals surface area contributed by atoms with Gasteiger partial charge in [-0.1, -0.05) is 72.8 Å². The summed E-state index contributed by atoms with van der Waals surface area (Å²) in [5.74, 6) is -0.475. The van der Waals surface area contributed by atoms with E-state index in [-0.39, 0.29) is 24.5 Å². The molecule has 3 N–H and O–H groups in total. The molecule has 298 valence electrons. The average Bonchev–Trinajstić information content (AvgIpc) is 3.76. The average molecular weight is 776 g/mol. The second-order valence-corrected chi connectivity index (χ2v) is 14.9. The number of hydrogen-bond donors (Lipinski definition) is 3. The third kappa shape index (κ3) is 9.66. The number of ether oxygens (including phenoxy) is 1. The molecule has 0 radical (unpaired) electrons. The van der Waals surface area contributed by atoms with Gasteiger partial charge in [0.15, 0.2) is 11.2 Å². The van der Waals surface area contributed by atoms with Crippen LogP contribution in [0, 0.1) is 0 Å². The maximum absolute atomic E-state index is 12.5. The van der Waals surface area contributed by atoms with Gasteiger partial charge in [0.25, 0.3) is 0 Å². The number of H-pyrrole nitrogens is 1. The molecule has 8 rings (SSSR count). The Morgan fingerprint density at radius 3 is 2.25 bits per heavy atom. The predicted molar refractivity (Wildman–Crippen MR) is 216 cm³/mol. The van der Waals surface area contributed by atoms with Crippen molar-refractivity contribution >= 4 is 34.3 Å². The van der Waals surface area contributed by atoms with Crippen molar-refractivity contribution in [3.05, 3.63) is 140 Å². The quantitative estimate of drug-likeness (QED) is 0.135. The number of benzene rings is 4. The van der Waals surface area contributed by atoms with Crippen LogP contribution in [0.5, 0.6) is 0 Å². The lowest BCUT2D eigenvalue weighted by atomic mass is 9.84. The van der Waals surface area contributed by atoms with Crippen LogP contribution in [0.25, 0.3) is 22.2 Å². The molecule has 2 aromatic heterocycles. The van der Waals surface area contributed by atoms with Crippen molar-refractivity contribution in [1.29, 1.82) is 0 Å². The van der Waals surface area contributed by atoms with E-state index in [0.717, 1.165) is 62.8 Å². The highest BCUT2D eigenvalue weighted by Gasteiger charge is 2.36. The number of aromatic amines is 1. The zero-order valence-corrected chi connectivity index (χ0v) is 32.2. The van der Waals surface area contributed by atoms with Gasteiger partial charge in [-0.25, -0.2) is 19.2 Å². The molecule has 2 saturated heterocycles. The standard InChI is InChI=1S/C24H29N3O3.C20H20N2O5/c1-26-21-11-10-20(17-22(21)30-24(26)29)19-12-15-27(16-13-19)23(28)25-14-6-5-9-18-7-3-2-4-8-18;23-18-21-16-7-6-15(12-17(16)27-18)20(25)8-10-22(11-9-20)19(24)26-13-14-4-2-1-3-5-14/h2-4,7-8,10-11,17,19H,5-6,9,12-16H2,1H3,(H,25,28);1-7,12,25H,8-11,13H2,(H,21,23). The normalized spacial score (nSPS) is 15.6. The molecular formula is C44H49N5O8. The van der Waals surface area contributed by atoms with Gasteiger partial charge >= 0.3 is 23.6 Å². The number of fused-ring (bicyclic) bond motifs is 2. The summed E-state index contributed by atoms with van der Waals surface area (Å²) in [6, 6.07) is 31.2. The predicted octanol–water partition coefficient (Wildman–Crippen LogP) is 6.78. The number of likely N-dealkylation sites (tertiary alicyclic amines) is 2. The molecular weight excluding hydrogens is 727 g/mol. The molecule has 4 aromatic carbocycles. The van der Waals surface area contributed by atoms with Gasteiger partial charge in [-0.05, 0) is 97.4 Å². The number of oxazole rings is 2. The minimum absolute atomic E-state index is 0.0395. The van der Waals surface area contributed by atoms with Gasteiger partial charge in [0.05, 0.1) is 16.6 Å². The molecule has 2 aliphatic heterocycles. The third-order valence-corrected chi connectivity index (χ3v) is 11.1. The van der Waals surface area contributed by atoms with Crippen molar-refractivity contribution in [2.45, 2.75) is 63.1 Å². The molecule has 0 spiro atoms. The highest BCUT2D eigenvalue weighted by molar-refractivity contribution is 5.75. The van der Waals surface area contributed by atoms with Crippen LogP contribution in [0.1, 0.15) is 66.7 Å². The Labute approximate surface area is 329 Å². The fourth-order valence-corrected chi connectivity index (χ4v) is 7.62. The Morgan fingerprint density at radius 2 is 1.53 bits per heavy atom. The van der Waals surface area contributed by atoms with Crippen molar-refractivity contribution in [3.63, 3.8) is 0 Å². The van der Waals surface area contributed by atoms with Gasteiger partial charge in [0, 0.05) is 39.8 Å². The molecule has 0 bridgehead atoms.